The maximum absolute atomic E-state index is 13.3. The van der Waals surface area contributed by atoms with E-state index in [9.17, 15) is 13.2 Å². The number of carbonyl (C=O) groups excluding carboxylic acids is 1. The fourth-order valence-corrected chi connectivity index (χ4v) is 4.19. The van der Waals surface area contributed by atoms with E-state index in [2.05, 4.69) is 0 Å². The van der Waals surface area contributed by atoms with Crippen LogP contribution in [-0.4, -0.2) is 41.8 Å². The van der Waals surface area contributed by atoms with Crippen molar-refractivity contribution in [2.45, 2.75) is 11.8 Å². The van der Waals surface area contributed by atoms with Gasteiger partial charge in [0.05, 0.1) is 41.5 Å². The van der Waals surface area contributed by atoms with Gasteiger partial charge in [-0.05, 0) is 37.3 Å². The number of nitrogens with zero attached hydrogens (tertiary/aromatic N) is 1. The summed E-state index contributed by atoms with van der Waals surface area (Å²) in [6, 6.07) is 8.43. The molecule has 2 aromatic rings. The fourth-order valence-electron chi connectivity index (χ4n) is 2.38. The molecule has 7 nitrogen and oxygen atoms in total. The minimum absolute atomic E-state index is 0.0699. The summed E-state index contributed by atoms with van der Waals surface area (Å²) >= 11 is 11.9. The number of halogens is 2. The summed E-state index contributed by atoms with van der Waals surface area (Å²) in [7, 11) is -1.34. The predicted molar refractivity (Wildman–Crippen MR) is 107 cm³/mol. The Morgan fingerprint density at radius 1 is 1.04 bits per heavy atom. The summed E-state index contributed by atoms with van der Waals surface area (Å²) in [5.74, 6) is -0.0556. The smallest absolute Gasteiger partial charge is 0.326 e. The SMILES string of the molecule is CCOC(=O)CN(c1ccc(OC)cc1OC)S(=O)(=O)c1ccc(Cl)c(Cl)c1. The number of anilines is 1. The van der Waals surface area contributed by atoms with Gasteiger partial charge in [-0.1, -0.05) is 23.2 Å². The first-order chi connectivity index (χ1) is 13.2. The van der Waals surface area contributed by atoms with Gasteiger partial charge in [0.25, 0.3) is 10.0 Å². The summed E-state index contributed by atoms with van der Waals surface area (Å²) in [5, 5.41) is 0.278. The quantitative estimate of drug-likeness (QED) is 0.572. The maximum Gasteiger partial charge on any atom is 0.326 e. The number of carbonyl (C=O) groups is 1. The number of benzene rings is 2. The molecule has 0 fully saturated rings. The third-order valence-electron chi connectivity index (χ3n) is 3.71. The van der Waals surface area contributed by atoms with E-state index in [-0.39, 0.29) is 33.0 Å². The Balaban J connectivity index is 2.62. The lowest BCUT2D eigenvalue weighted by Gasteiger charge is -2.25. The summed E-state index contributed by atoms with van der Waals surface area (Å²) < 4.78 is 42.8. The molecule has 2 rings (SSSR count). The molecule has 152 valence electrons. The molecule has 0 amide bonds. The molecule has 0 bridgehead atoms. The molecule has 0 radical (unpaired) electrons. The predicted octanol–water partition coefficient (Wildman–Crippen LogP) is 3.77. The van der Waals surface area contributed by atoms with Crippen LogP contribution >= 0.6 is 23.2 Å². The second kappa shape index (κ2) is 9.36. The number of rotatable bonds is 8. The number of sulfonamides is 1. The van der Waals surface area contributed by atoms with Gasteiger partial charge in [0.15, 0.2) is 0 Å². The molecule has 0 aliphatic heterocycles. The molecule has 0 heterocycles. The van der Waals surface area contributed by atoms with Gasteiger partial charge in [0.1, 0.15) is 18.0 Å². The average molecular weight is 448 g/mol. The van der Waals surface area contributed by atoms with Crippen LogP contribution in [0.1, 0.15) is 6.92 Å². The maximum atomic E-state index is 13.3. The van der Waals surface area contributed by atoms with E-state index in [1.54, 1.807) is 13.0 Å². The largest absolute Gasteiger partial charge is 0.497 e. The summed E-state index contributed by atoms with van der Waals surface area (Å²) in [6.07, 6.45) is 0. The molecule has 2 aromatic carbocycles. The number of methoxy groups -OCH3 is 2. The van der Waals surface area contributed by atoms with Crippen molar-refractivity contribution in [1.82, 2.24) is 0 Å². The Morgan fingerprint density at radius 2 is 1.75 bits per heavy atom. The minimum Gasteiger partial charge on any atom is -0.497 e. The average Bonchev–Trinajstić information content (AvgIpc) is 2.67. The van der Waals surface area contributed by atoms with E-state index in [4.69, 9.17) is 37.4 Å². The molecular formula is C18H19Cl2NO6S. The molecular weight excluding hydrogens is 429 g/mol. The van der Waals surface area contributed by atoms with E-state index >= 15 is 0 Å². The van der Waals surface area contributed by atoms with Crippen molar-refractivity contribution in [2.75, 3.05) is 31.7 Å². The van der Waals surface area contributed by atoms with Gasteiger partial charge in [-0.2, -0.15) is 0 Å². The molecule has 0 unspecified atom stereocenters. The molecule has 0 aliphatic rings. The molecule has 10 heteroatoms. The van der Waals surface area contributed by atoms with Crippen LogP contribution in [0.5, 0.6) is 11.5 Å². The van der Waals surface area contributed by atoms with Crippen LogP contribution in [0.15, 0.2) is 41.3 Å². The van der Waals surface area contributed by atoms with Gasteiger partial charge in [0.2, 0.25) is 0 Å². The van der Waals surface area contributed by atoms with Crippen molar-refractivity contribution in [3.8, 4) is 11.5 Å². The molecule has 0 spiro atoms. The topological polar surface area (TPSA) is 82.1 Å². The lowest BCUT2D eigenvalue weighted by molar-refractivity contribution is -0.141. The third-order valence-corrected chi connectivity index (χ3v) is 6.21. The van der Waals surface area contributed by atoms with Crippen LogP contribution in [0, 0.1) is 0 Å². The molecule has 0 saturated heterocycles. The Morgan fingerprint density at radius 3 is 2.32 bits per heavy atom. The summed E-state index contributed by atoms with van der Waals surface area (Å²) in [5.41, 5.74) is 0.141. The van der Waals surface area contributed by atoms with Crippen molar-refractivity contribution in [1.29, 1.82) is 0 Å². The van der Waals surface area contributed by atoms with Gasteiger partial charge in [-0.25, -0.2) is 8.42 Å². The normalized spacial score (nSPS) is 11.0. The lowest BCUT2D eigenvalue weighted by atomic mass is 10.2. The Kier molecular flexibility index (Phi) is 7.40. The zero-order valence-electron chi connectivity index (χ0n) is 15.4. The van der Waals surface area contributed by atoms with Crippen LogP contribution in [0.25, 0.3) is 0 Å². The number of esters is 1. The number of ether oxygens (including phenoxy) is 3. The standard InChI is InChI=1S/C18H19Cl2NO6S/c1-4-27-18(22)11-21(16-8-5-12(25-2)9-17(16)26-3)28(23,24)13-6-7-14(19)15(20)10-13/h5-10H,4,11H2,1-3H3. The van der Waals surface area contributed by atoms with Crippen molar-refractivity contribution >= 4 is 44.9 Å². The second-order valence-electron chi connectivity index (χ2n) is 5.43. The van der Waals surface area contributed by atoms with Crippen LogP contribution in [-0.2, 0) is 19.6 Å². The van der Waals surface area contributed by atoms with E-state index in [0.717, 1.165) is 4.31 Å². The first kappa shape index (κ1) is 22.1. The molecule has 0 aromatic heterocycles. The number of hydrogen-bond acceptors (Lipinski definition) is 6. The summed E-state index contributed by atoms with van der Waals surface area (Å²) in [6.45, 7) is 1.18. The Bertz CT molecular complexity index is 965. The van der Waals surface area contributed by atoms with Gasteiger partial charge in [-0.15, -0.1) is 0 Å². The highest BCUT2D eigenvalue weighted by Crippen LogP contribution is 2.36. The van der Waals surface area contributed by atoms with Gasteiger partial charge in [-0.3, -0.25) is 9.10 Å². The first-order valence-corrected chi connectivity index (χ1v) is 10.3. The van der Waals surface area contributed by atoms with E-state index < -0.39 is 22.5 Å². The minimum atomic E-state index is -4.19. The van der Waals surface area contributed by atoms with Crippen LogP contribution in [0.2, 0.25) is 10.0 Å². The van der Waals surface area contributed by atoms with Crippen molar-refractivity contribution in [3.05, 3.63) is 46.4 Å². The molecule has 28 heavy (non-hydrogen) atoms. The Hall–Kier alpha value is -2.16. The molecule has 0 atom stereocenters. The van der Waals surface area contributed by atoms with Crippen LogP contribution < -0.4 is 13.8 Å². The lowest BCUT2D eigenvalue weighted by Crippen LogP contribution is -2.37. The molecule has 0 saturated carbocycles. The van der Waals surface area contributed by atoms with Crippen molar-refractivity contribution in [2.24, 2.45) is 0 Å². The van der Waals surface area contributed by atoms with E-state index in [1.165, 1.54) is 44.6 Å². The van der Waals surface area contributed by atoms with Gasteiger partial charge in [0, 0.05) is 6.07 Å². The highest BCUT2D eigenvalue weighted by Gasteiger charge is 2.30. The zero-order valence-corrected chi connectivity index (χ0v) is 17.8. The third kappa shape index (κ3) is 4.81. The zero-order chi connectivity index (χ0) is 20.9. The second-order valence-corrected chi connectivity index (χ2v) is 8.11. The van der Waals surface area contributed by atoms with E-state index in [0.29, 0.717) is 5.75 Å². The van der Waals surface area contributed by atoms with Gasteiger partial charge < -0.3 is 14.2 Å². The summed E-state index contributed by atoms with van der Waals surface area (Å²) in [4.78, 5) is 12.0. The first-order valence-electron chi connectivity index (χ1n) is 8.10. The monoisotopic (exact) mass is 447 g/mol. The molecule has 0 N–H and O–H groups in total. The highest BCUT2D eigenvalue weighted by molar-refractivity contribution is 7.92. The van der Waals surface area contributed by atoms with Crippen LogP contribution in [0.3, 0.4) is 0 Å². The van der Waals surface area contributed by atoms with Crippen molar-refractivity contribution in [3.63, 3.8) is 0 Å². The molecule has 0 aliphatic carbocycles. The Labute approximate surface area is 173 Å². The highest BCUT2D eigenvalue weighted by atomic mass is 35.5. The number of hydrogen-bond donors (Lipinski definition) is 0. The fraction of sp³-hybridized carbons (Fsp3) is 0.278. The van der Waals surface area contributed by atoms with Crippen LogP contribution in [0.4, 0.5) is 5.69 Å². The van der Waals surface area contributed by atoms with E-state index in [1.807, 2.05) is 0 Å². The van der Waals surface area contributed by atoms with Gasteiger partial charge >= 0.3 is 5.97 Å². The van der Waals surface area contributed by atoms with Crippen molar-refractivity contribution < 1.29 is 27.4 Å².